The van der Waals surface area contributed by atoms with E-state index in [0.29, 0.717) is 25.6 Å². The average molecular weight is 397 g/mol. The topological polar surface area (TPSA) is 71.4 Å². The van der Waals surface area contributed by atoms with Crippen molar-refractivity contribution in [3.63, 3.8) is 0 Å². The fourth-order valence-corrected chi connectivity index (χ4v) is 3.48. The number of urea groups is 1. The number of hydrogen-bond acceptors (Lipinski definition) is 4. The molecule has 0 unspecified atom stereocenters. The molecule has 0 spiro atoms. The van der Waals surface area contributed by atoms with Crippen molar-refractivity contribution in [2.24, 2.45) is 0 Å². The largest absolute Gasteiger partial charge is 0.378 e. The van der Waals surface area contributed by atoms with Crippen LogP contribution in [0.5, 0.6) is 0 Å². The third kappa shape index (κ3) is 4.02. The molecule has 1 aliphatic rings. The highest BCUT2D eigenvalue weighted by atomic mass is 19.1. The number of hydrogen-bond donors (Lipinski definition) is 2. The number of nitrogens with zero attached hydrogens (tertiary/aromatic N) is 3. The maximum atomic E-state index is 13.4. The third-order valence-electron chi connectivity index (χ3n) is 4.88. The van der Waals surface area contributed by atoms with Crippen molar-refractivity contribution in [3.8, 4) is 5.69 Å². The fraction of sp³-hybridized carbons (Fsp3) is 0.333. The number of benzene rings is 2. The van der Waals surface area contributed by atoms with Crippen molar-refractivity contribution in [3.05, 3.63) is 48.3 Å². The molecule has 0 atom stereocenters. The Morgan fingerprint density at radius 3 is 2.66 bits per heavy atom. The summed E-state index contributed by atoms with van der Waals surface area (Å²) in [6.45, 7) is 5.42. The smallest absolute Gasteiger partial charge is 0.320 e. The molecule has 1 fully saturated rings. The first-order valence-electron chi connectivity index (χ1n) is 9.82. The Labute approximate surface area is 168 Å². The summed E-state index contributed by atoms with van der Waals surface area (Å²) in [5.41, 5.74) is 2.55. The summed E-state index contributed by atoms with van der Waals surface area (Å²) in [7, 11) is 0. The van der Waals surface area contributed by atoms with Gasteiger partial charge in [0.1, 0.15) is 5.82 Å². The summed E-state index contributed by atoms with van der Waals surface area (Å²) in [6.07, 6.45) is 0.844. The number of halogens is 1. The standard InChI is InChI=1S/C21H24FN5O2/c1-2-10-23-21(28)24-20-19-17(26-11-13-29-14-12-26)4-3-5-18(19)27(25-20)16-8-6-15(22)7-9-16/h3-9H,2,10-14H2,1H3,(H2,23,24,25,28). The molecule has 7 nitrogen and oxygen atoms in total. The summed E-state index contributed by atoms with van der Waals surface area (Å²) in [5.74, 6) is 0.163. The van der Waals surface area contributed by atoms with E-state index in [1.54, 1.807) is 16.8 Å². The van der Waals surface area contributed by atoms with Crippen LogP contribution in [0.25, 0.3) is 16.6 Å². The number of morpholine rings is 1. The van der Waals surface area contributed by atoms with E-state index in [0.717, 1.165) is 41.8 Å². The summed E-state index contributed by atoms with van der Waals surface area (Å²) >= 11 is 0. The molecule has 0 saturated carbocycles. The average Bonchev–Trinajstić information content (AvgIpc) is 3.12. The van der Waals surface area contributed by atoms with Gasteiger partial charge in [0.15, 0.2) is 5.82 Å². The van der Waals surface area contributed by atoms with Gasteiger partial charge >= 0.3 is 6.03 Å². The van der Waals surface area contributed by atoms with Gasteiger partial charge in [0.25, 0.3) is 0 Å². The van der Waals surface area contributed by atoms with Crippen molar-refractivity contribution < 1.29 is 13.9 Å². The van der Waals surface area contributed by atoms with Crippen LogP contribution in [0.1, 0.15) is 13.3 Å². The van der Waals surface area contributed by atoms with Gasteiger partial charge in [-0.1, -0.05) is 13.0 Å². The van der Waals surface area contributed by atoms with Crippen LogP contribution in [0, 0.1) is 5.82 Å². The second kappa shape index (κ2) is 8.48. The van der Waals surface area contributed by atoms with Crippen molar-refractivity contribution in [2.75, 3.05) is 43.1 Å². The van der Waals surface area contributed by atoms with Crippen molar-refractivity contribution in [1.82, 2.24) is 15.1 Å². The minimum absolute atomic E-state index is 0.297. The predicted octanol–water partition coefficient (Wildman–Crippen LogP) is 3.53. The highest BCUT2D eigenvalue weighted by Gasteiger charge is 2.21. The van der Waals surface area contributed by atoms with E-state index in [-0.39, 0.29) is 11.8 Å². The summed E-state index contributed by atoms with van der Waals surface area (Å²) in [5, 5.41) is 11.2. The zero-order valence-electron chi connectivity index (χ0n) is 16.3. The van der Waals surface area contributed by atoms with E-state index >= 15 is 0 Å². The molecule has 0 aliphatic carbocycles. The van der Waals surface area contributed by atoms with Gasteiger partial charge in [-0.3, -0.25) is 5.32 Å². The maximum Gasteiger partial charge on any atom is 0.320 e. The lowest BCUT2D eigenvalue weighted by atomic mass is 10.1. The number of carbonyl (C=O) groups is 1. The van der Waals surface area contributed by atoms with Crippen LogP contribution < -0.4 is 15.5 Å². The van der Waals surface area contributed by atoms with Gasteiger partial charge < -0.3 is 15.0 Å². The Balaban J connectivity index is 1.82. The first kappa shape index (κ1) is 19.2. The molecule has 0 radical (unpaired) electrons. The van der Waals surface area contributed by atoms with Crippen LogP contribution in [0.3, 0.4) is 0 Å². The van der Waals surface area contributed by atoms with Gasteiger partial charge in [-0.05, 0) is 42.8 Å². The summed E-state index contributed by atoms with van der Waals surface area (Å²) < 4.78 is 20.6. The van der Waals surface area contributed by atoms with Gasteiger partial charge in [-0.25, -0.2) is 13.9 Å². The molecule has 2 amide bonds. The highest BCUT2D eigenvalue weighted by Crippen LogP contribution is 2.34. The molecule has 29 heavy (non-hydrogen) atoms. The number of fused-ring (bicyclic) bond motifs is 1. The van der Waals surface area contributed by atoms with Crippen LogP contribution in [0.4, 0.5) is 20.7 Å². The quantitative estimate of drug-likeness (QED) is 0.691. The number of amides is 2. The second-order valence-electron chi connectivity index (χ2n) is 6.89. The number of ether oxygens (including phenoxy) is 1. The van der Waals surface area contributed by atoms with Crippen LogP contribution in [-0.4, -0.2) is 48.7 Å². The first-order chi connectivity index (χ1) is 14.2. The minimum Gasteiger partial charge on any atom is -0.378 e. The number of aromatic nitrogens is 2. The van der Waals surface area contributed by atoms with Gasteiger partial charge in [-0.15, -0.1) is 5.10 Å². The lowest BCUT2D eigenvalue weighted by molar-refractivity contribution is 0.123. The SMILES string of the molecule is CCCNC(=O)Nc1nn(-c2ccc(F)cc2)c2cccc(N3CCOCC3)c12. The molecule has 1 aromatic heterocycles. The van der Waals surface area contributed by atoms with E-state index in [4.69, 9.17) is 4.74 Å². The molecular weight excluding hydrogens is 373 g/mol. The number of nitrogens with one attached hydrogen (secondary N) is 2. The van der Waals surface area contributed by atoms with Crippen LogP contribution in [0.15, 0.2) is 42.5 Å². The molecule has 8 heteroatoms. The molecule has 2 N–H and O–H groups in total. The zero-order valence-corrected chi connectivity index (χ0v) is 16.3. The predicted molar refractivity (Wildman–Crippen MR) is 111 cm³/mol. The Hall–Kier alpha value is -3.13. The number of rotatable bonds is 5. The van der Waals surface area contributed by atoms with E-state index in [1.807, 2.05) is 25.1 Å². The summed E-state index contributed by atoms with van der Waals surface area (Å²) in [4.78, 5) is 14.6. The van der Waals surface area contributed by atoms with Crippen LogP contribution in [0.2, 0.25) is 0 Å². The molecule has 4 rings (SSSR count). The van der Waals surface area contributed by atoms with Gasteiger partial charge in [0, 0.05) is 19.6 Å². The number of anilines is 2. The Morgan fingerprint density at radius 1 is 1.17 bits per heavy atom. The van der Waals surface area contributed by atoms with Crippen LogP contribution in [-0.2, 0) is 4.74 Å². The monoisotopic (exact) mass is 397 g/mol. The highest BCUT2D eigenvalue weighted by molar-refractivity contribution is 6.06. The third-order valence-corrected chi connectivity index (χ3v) is 4.88. The fourth-order valence-electron chi connectivity index (χ4n) is 3.48. The first-order valence-corrected chi connectivity index (χ1v) is 9.82. The van der Waals surface area contributed by atoms with E-state index in [9.17, 15) is 9.18 Å². The number of carbonyl (C=O) groups excluding carboxylic acids is 1. The zero-order chi connectivity index (χ0) is 20.2. The van der Waals surface area contributed by atoms with Crippen molar-refractivity contribution in [2.45, 2.75) is 13.3 Å². The molecule has 152 valence electrons. The van der Waals surface area contributed by atoms with Gasteiger partial charge in [0.05, 0.1) is 35.5 Å². The van der Waals surface area contributed by atoms with Crippen LogP contribution >= 0.6 is 0 Å². The molecule has 0 bridgehead atoms. The van der Waals surface area contributed by atoms with E-state index < -0.39 is 0 Å². The summed E-state index contributed by atoms with van der Waals surface area (Å²) in [6, 6.07) is 11.8. The van der Waals surface area contributed by atoms with E-state index in [2.05, 4.69) is 20.6 Å². The lowest BCUT2D eigenvalue weighted by Gasteiger charge is -2.29. The molecule has 3 aromatic rings. The minimum atomic E-state index is -0.309. The Morgan fingerprint density at radius 2 is 1.93 bits per heavy atom. The maximum absolute atomic E-state index is 13.4. The Kier molecular flexibility index (Phi) is 5.62. The molecular formula is C21H24FN5O2. The van der Waals surface area contributed by atoms with Crippen molar-refractivity contribution in [1.29, 1.82) is 0 Å². The normalized spacial score (nSPS) is 14.2. The second-order valence-corrected chi connectivity index (χ2v) is 6.89. The lowest BCUT2D eigenvalue weighted by Crippen LogP contribution is -2.36. The Bertz CT molecular complexity index is 996. The molecule has 2 aromatic carbocycles. The van der Waals surface area contributed by atoms with Gasteiger partial charge in [-0.2, -0.15) is 0 Å². The van der Waals surface area contributed by atoms with Gasteiger partial charge in [0.2, 0.25) is 0 Å². The van der Waals surface area contributed by atoms with Crippen molar-refractivity contribution >= 4 is 28.4 Å². The van der Waals surface area contributed by atoms with E-state index in [1.165, 1.54) is 12.1 Å². The molecule has 2 heterocycles. The molecule has 1 saturated heterocycles. The molecule has 1 aliphatic heterocycles.